The van der Waals surface area contributed by atoms with Gasteiger partial charge < -0.3 is 20.9 Å². The molecule has 0 amide bonds. The van der Waals surface area contributed by atoms with Gasteiger partial charge in [-0.15, -0.1) is 0 Å². The van der Waals surface area contributed by atoms with Crippen molar-refractivity contribution in [1.82, 2.24) is 15.0 Å². The lowest BCUT2D eigenvalue weighted by atomic mass is 10.1. The molecule has 0 bridgehead atoms. The van der Waals surface area contributed by atoms with Crippen LogP contribution in [0.4, 0.5) is 5.82 Å². The van der Waals surface area contributed by atoms with Gasteiger partial charge in [-0.1, -0.05) is 0 Å². The van der Waals surface area contributed by atoms with Crippen LogP contribution in [0.25, 0.3) is 11.0 Å². The molecule has 2 atom stereocenters. The van der Waals surface area contributed by atoms with E-state index in [9.17, 15) is 10.2 Å². The number of anilines is 1. The molecule has 16 heavy (non-hydrogen) atoms. The molecule has 0 saturated carbocycles. The third-order valence-electron chi connectivity index (χ3n) is 2.40. The first kappa shape index (κ1) is 11.2. The number of nitrogens with one attached hydrogen (secondary N) is 1. The summed E-state index contributed by atoms with van der Waals surface area (Å²) in [5, 5.41) is 19.9. The van der Waals surface area contributed by atoms with E-state index in [0.29, 0.717) is 16.6 Å². The molecule has 0 saturated heterocycles. The summed E-state index contributed by atoms with van der Waals surface area (Å²) < 4.78 is 0. The van der Waals surface area contributed by atoms with Crippen LogP contribution in [0.2, 0.25) is 0 Å². The standard InChI is InChI=1S/C9H12N4O2S/c10-8-6-4(7(15)5(14)2-16)1-11-9(6)13-3-12-8/h1,3,5,7,14-16H,2H2,(H3,10,11,12,13). The summed E-state index contributed by atoms with van der Waals surface area (Å²) >= 11 is 3.92. The normalized spacial score (nSPS) is 15.2. The Hall–Kier alpha value is -1.31. The van der Waals surface area contributed by atoms with Crippen LogP contribution in [0.15, 0.2) is 12.5 Å². The van der Waals surface area contributed by atoms with Gasteiger partial charge in [0.1, 0.15) is 23.9 Å². The Morgan fingerprint density at radius 2 is 2.19 bits per heavy atom. The van der Waals surface area contributed by atoms with E-state index in [0.717, 1.165) is 0 Å². The monoisotopic (exact) mass is 240 g/mol. The van der Waals surface area contributed by atoms with Crippen molar-refractivity contribution in [3.05, 3.63) is 18.1 Å². The molecular weight excluding hydrogens is 228 g/mol. The predicted octanol–water partition coefficient (Wildman–Crippen LogP) is -0.136. The molecular formula is C9H12N4O2S. The van der Waals surface area contributed by atoms with Gasteiger partial charge in [-0.2, -0.15) is 12.6 Å². The van der Waals surface area contributed by atoms with Crippen LogP contribution in [0.3, 0.4) is 0 Å². The second kappa shape index (κ2) is 4.28. The van der Waals surface area contributed by atoms with E-state index in [1.165, 1.54) is 6.33 Å². The third kappa shape index (κ3) is 1.73. The van der Waals surface area contributed by atoms with E-state index in [4.69, 9.17) is 5.73 Å². The fourth-order valence-corrected chi connectivity index (χ4v) is 1.75. The fraction of sp³-hybridized carbons (Fsp3) is 0.333. The van der Waals surface area contributed by atoms with E-state index in [1.54, 1.807) is 6.20 Å². The van der Waals surface area contributed by atoms with Crippen molar-refractivity contribution < 1.29 is 10.2 Å². The summed E-state index contributed by atoms with van der Waals surface area (Å²) in [6.07, 6.45) is 0.883. The second-order valence-electron chi connectivity index (χ2n) is 3.42. The van der Waals surface area contributed by atoms with Crippen LogP contribution in [-0.4, -0.2) is 37.0 Å². The van der Waals surface area contributed by atoms with E-state index < -0.39 is 12.2 Å². The number of hydrogen-bond donors (Lipinski definition) is 5. The molecule has 7 heteroatoms. The minimum Gasteiger partial charge on any atom is -0.389 e. The first-order valence-electron chi connectivity index (χ1n) is 4.69. The van der Waals surface area contributed by atoms with Crippen molar-refractivity contribution >= 4 is 29.5 Å². The number of aliphatic hydroxyl groups excluding tert-OH is 2. The Labute approximate surface area is 96.9 Å². The molecule has 0 aliphatic carbocycles. The van der Waals surface area contributed by atoms with Crippen molar-refractivity contribution in [2.75, 3.05) is 11.5 Å². The minimum absolute atomic E-state index is 0.154. The Balaban J connectivity index is 2.53. The number of aliphatic hydroxyl groups is 2. The number of aromatic amines is 1. The van der Waals surface area contributed by atoms with E-state index >= 15 is 0 Å². The first-order chi connectivity index (χ1) is 7.65. The Morgan fingerprint density at radius 1 is 1.44 bits per heavy atom. The van der Waals surface area contributed by atoms with E-state index in [1.807, 2.05) is 0 Å². The maximum atomic E-state index is 9.87. The van der Waals surface area contributed by atoms with Crippen molar-refractivity contribution in [3.8, 4) is 0 Å². The summed E-state index contributed by atoms with van der Waals surface area (Å²) in [5.74, 6) is 0.424. The van der Waals surface area contributed by atoms with Crippen molar-refractivity contribution in [2.24, 2.45) is 0 Å². The molecule has 86 valence electrons. The molecule has 2 unspecified atom stereocenters. The zero-order chi connectivity index (χ0) is 11.7. The summed E-state index contributed by atoms with van der Waals surface area (Å²) in [6, 6.07) is 0. The van der Waals surface area contributed by atoms with Crippen LogP contribution in [0.5, 0.6) is 0 Å². The lowest BCUT2D eigenvalue weighted by molar-refractivity contribution is 0.0347. The molecule has 2 aromatic heterocycles. The van der Waals surface area contributed by atoms with Gasteiger partial charge in [0.05, 0.1) is 11.5 Å². The first-order valence-corrected chi connectivity index (χ1v) is 5.32. The van der Waals surface area contributed by atoms with Gasteiger partial charge in [0.25, 0.3) is 0 Å². The van der Waals surface area contributed by atoms with E-state index in [2.05, 4.69) is 27.6 Å². The molecule has 0 radical (unpaired) electrons. The van der Waals surface area contributed by atoms with Crippen molar-refractivity contribution in [1.29, 1.82) is 0 Å². The maximum Gasteiger partial charge on any atom is 0.143 e. The number of nitrogens with zero attached hydrogens (tertiary/aromatic N) is 2. The average molecular weight is 240 g/mol. The van der Waals surface area contributed by atoms with E-state index in [-0.39, 0.29) is 11.6 Å². The third-order valence-corrected chi connectivity index (χ3v) is 2.77. The van der Waals surface area contributed by atoms with Gasteiger partial charge >= 0.3 is 0 Å². The zero-order valence-electron chi connectivity index (χ0n) is 8.33. The minimum atomic E-state index is -1.06. The number of aromatic nitrogens is 3. The fourth-order valence-electron chi connectivity index (χ4n) is 1.55. The topological polar surface area (TPSA) is 108 Å². The van der Waals surface area contributed by atoms with Gasteiger partial charge in [0.2, 0.25) is 0 Å². The lowest BCUT2D eigenvalue weighted by Crippen LogP contribution is -2.19. The average Bonchev–Trinajstić information content (AvgIpc) is 2.72. The Kier molecular flexibility index (Phi) is 2.99. The number of thiol groups is 1. The van der Waals surface area contributed by atoms with Gasteiger partial charge in [0.15, 0.2) is 0 Å². The van der Waals surface area contributed by atoms with Gasteiger partial charge in [-0.25, -0.2) is 9.97 Å². The summed E-state index contributed by atoms with van der Waals surface area (Å²) in [5.41, 5.74) is 6.71. The molecule has 6 nitrogen and oxygen atoms in total. The van der Waals surface area contributed by atoms with Gasteiger partial charge in [-0.05, 0) is 0 Å². The number of fused-ring (bicyclic) bond motifs is 1. The zero-order valence-corrected chi connectivity index (χ0v) is 9.22. The molecule has 2 aromatic rings. The largest absolute Gasteiger partial charge is 0.389 e. The highest BCUT2D eigenvalue weighted by Crippen LogP contribution is 2.28. The highest BCUT2D eigenvalue weighted by atomic mass is 32.1. The second-order valence-corrected chi connectivity index (χ2v) is 3.79. The van der Waals surface area contributed by atoms with Crippen LogP contribution >= 0.6 is 12.6 Å². The number of rotatable bonds is 3. The quantitative estimate of drug-likeness (QED) is 0.480. The molecule has 2 heterocycles. The van der Waals surface area contributed by atoms with Gasteiger partial charge in [-0.3, -0.25) is 0 Å². The number of nitrogen functional groups attached to an aromatic ring is 1. The summed E-state index contributed by atoms with van der Waals surface area (Å²) in [7, 11) is 0. The Bertz CT molecular complexity index is 501. The number of H-pyrrole nitrogens is 1. The molecule has 0 fully saturated rings. The summed E-state index contributed by atoms with van der Waals surface area (Å²) in [4.78, 5) is 10.7. The predicted molar refractivity (Wildman–Crippen MR) is 63.1 cm³/mol. The van der Waals surface area contributed by atoms with Crippen molar-refractivity contribution in [3.63, 3.8) is 0 Å². The van der Waals surface area contributed by atoms with Crippen LogP contribution in [-0.2, 0) is 0 Å². The smallest absolute Gasteiger partial charge is 0.143 e. The van der Waals surface area contributed by atoms with Crippen molar-refractivity contribution in [2.45, 2.75) is 12.2 Å². The molecule has 0 spiro atoms. The molecule has 2 rings (SSSR count). The molecule has 0 aliphatic heterocycles. The number of hydrogen-bond acceptors (Lipinski definition) is 6. The SMILES string of the molecule is Nc1ncnc2[nH]cc(C(O)C(O)CS)c12. The van der Waals surface area contributed by atoms with Crippen LogP contribution in [0.1, 0.15) is 11.7 Å². The summed E-state index contributed by atoms with van der Waals surface area (Å²) in [6.45, 7) is 0. The van der Waals surface area contributed by atoms with Crippen LogP contribution < -0.4 is 5.73 Å². The lowest BCUT2D eigenvalue weighted by Gasteiger charge is -2.15. The molecule has 0 aromatic carbocycles. The number of nitrogens with two attached hydrogens (primary N) is 1. The maximum absolute atomic E-state index is 9.87. The molecule has 5 N–H and O–H groups in total. The highest BCUT2D eigenvalue weighted by Gasteiger charge is 2.22. The Morgan fingerprint density at radius 3 is 2.88 bits per heavy atom. The van der Waals surface area contributed by atoms with Crippen LogP contribution in [0, 0.1) is 0 Å². The highest BCUT2D eigenvalue weighted by molar-refractivity contribution is 7.80. The molecule has 0 aliphatic rings. The van der Waals surface area contributed by atoms with Gasteiger partial charge in [0, 0.05) is 17.5 Å².